The predicted molar refractivity (Wildman–Crippen MR) is 131 cm³/mol. The summed E-state index contributed by atoms with van der Waals surface area (Å²) in [7, 11) is 0. The van der Waals surface area contributed by atoms with Crippen LogP contribution in [0.4, 0.5) is 15.9 Å². The van der Waals surface area contributed by atoms with E-state index in [4.69, 9.17) is 10.6 Å². The number of unbranched alkanes of at least 4 members (excludes halogenated alkanes) is 1. The molecule has 0 aliphatic carbocycles. The van der Waals surface area contributed by atoms with E-state index in [1.807, 2.05) is 37.3 Å². The van der Waals surface area contributed by atoms with Crippen molar-refractivity contribution in [1.29, 1.82) is 0 Å². The van der Waals surface area contributed by atoms with Gasteiger partial charge in [-0.2, -0.15) is 0 Å². The van der Waals surface area contributed by atoms with E-state index in [-0.39, 0.29) is 31.0 Å². The monoisotopic (exact) mass is 479 g/mol. The lowest BCUT2D eigenvalue weighted by molar-refractivity contribution is -0.128. The summed E-state index contributed by atoms with van der Waals surface area (Å²) < 4.78 is 14.9. The van der Waals surface area contributed by atoms with Crippen LogP contribution in [-0.4, -0.2) is 33.8 Å². The number of amides is 1. The first-order valence-corrected chi connectivity index (χ1v) is 11.4. The van der Waals surface area contributed by atoms with Crippen LogP contribution in [0.2, 0.25) is 0 Å². The molecule has 3 aromatic rings. The molecule has 1 aliphatic heterocycles. The highest BCUT2D eigenvalue weighted by atomic mass is 19.1. The van der Waals surface area contributed by atoms with Gasteiger partial charge >= 0.3 is 5.69 Å². The number of nitrogens with zero attached hydrogens (tertiary/aromatic N) is 3. The minimum absolute atomic E-state index is 0.104. The zero-order valence-electron chi connectivity index (χ0n) is 19.2. The van der Waals surface area contributed by atoms with Gasteiger partial charge in [-0.15, -0.1) is 0 Å². The van der Waals surface area contributed by atoms with Crippen LogP contribution in [0.5, 0.6) is 0 Å². The molecule has 1 unspecified atom stereocenters. The van der Waals surface area contributed by atoms with Gasteiger partial charge in [-0.3, -0.25) is 19.1 Å². The van der Waals surface area contributed by atoms with Gasteiger partial charge in [-0.05, 0) is 24.1 Å². The molecule has 4 rings (SSSR count). The standard InChI is InChI=1S/C25H26FN5O4/c1-2-3-12-30(24(33)20-14-19(29-35-20)17-10-7-11-18(26)13-17)21-22(27)31(25(34)28-23(21)32)15-16-8-5-4-6-9-16/h4-11,13,20H,2-3,12,14-15,27H2,1H3,(H,28,32,34). The Morgan fingerprint density at radius 1 is 1.23 bits per heavy atom. The number of benzene rings is 2. The summed E-state index contributed by atoms with van der Waals surface area (Å²) in [4.78, 5) is 47.9. The summed E-state index contributed by atoms with van der Waals surface area (Å²) in [5, 5.41) is 3.97. The molecule has 1 atom stereocenters. The summed E-state index contributed by atoms with van der Waals surface area (Å²) in [6.45, 7) is 2.27. The van der Waals surface area contributed by atoms with Crippen LogP contribution in [0, 0.1) is 5.82 Å². The number of hydrogen-bond donors (Lipinski definition) is 2. The fourth-order valence-corrected chi connectivity index (χ4v) is 3.93. The number of halogens is 1. The van der Waals surface area contributed by atoms with E-state index in [2.05, 4.69) is 10.1 Å². The van der Waals surface area contributed by atoms with Crippen molar-refractivity contribution in [3.05, 3.63) is 92.4 Å². The third-order valence-corrected chi connectivity index (χ3v) is 5.77. The zero-order chi connectivity index (χ0) is 24.9. The van der Waals surface area contributed by atoms with E-state index in [1.54, 1.807) is 12.1 Å². The lowest BCUT2D eigenvalue weighted by atomic mass is 10.0. The van der Waals surface area contributed by atoms with E-state index >= 15 is 0 Å². The van der Waals surface area contributed by atoms with E-state index in [0.717, 1.165) is 12.0 Å². The SMILES string of the molecule is CCCCN(C(=O)C1CC(c2cccc(F)c2)=NO1)c1c(N)n(Cc2ccccc2)c(=O)[nH]c1=O. The normalized spacial score (nSPS) is 14.9. The molecule has 1 amide bonds. The first-order chi connectivity index (χ1) is 16.9. The number of carbonyl (C=O) groups excluding carboxylic acids is 1. The topological polar surface area (TPSA) is 123 Å². The summed E-state index contributed by atoms with van der Waals surface area (Å²) in [6, 6.07) is 15.0. The number of aromatic nitrogens is 2. The molecule has 0 radical (unpaired) electrons. The van der Waals surface area contributed by atoms with E-state index in [0.29, 0.717) is 17.7 Å². The number of hydrogen-bond acceptors (Lipinski definition) is 6. The summed E-state index contributed by atoms with van der Waals surface area (Å²) in [5.74, 6) is -1.06. The lowest BCUT2D eigenvalue weighted by Gasteiger charge is -2.26. The second kappa shape index (κ2) is 10.4. The molecule has 35 heavy (non-hydrogen) atoms. The van der Waals surface area contributed by atoms with Crippen LogP contribution in [0.15, 0.2) is 69.3 Å². The molecule has 3 N–H and O–H groups in total. The van der Waals surface area contributed by atoms with Crippen molar-refractivity contribution < 1.29 is 14.0 Å². The molecule has 10 heteroatoms. The van der Waals surface area contributed by atoms with E-state index < -0.39 is 29.1 Å². The second-order valence-corrected chi connectivity index (χ2v) is 8.25. The fraction of sp³-hybridized carbons (Fsp3) is 0.280. The number of nitrogen functional groups attached to an aromatic ring is 1. The Hall–Kier alpha value is -4.21. The number of H-pyrrole nitrogens is 1. The van der Waals surface area contributed by atoms with Gasteiger partial charge in [0.15, 0.2) is 5.69 Å². The zero-order valence-corrected chi connectivity index (χ0v) is 19.2. The smallest absolute Gasteiger partial charge is 0.330 e. The minimum Gasteiger partial charge on any atom is -0.383 e. The Balaban J connectivity index is 1.66. The number of rotatable bonds is 8. The molecule has 0 saturated carbocycles. The van der Waals surface area contributed by atoms with Crippen molar-refractivity contribution >= 4 is 23.1 Å². The van der Waals surface area contributed by atoms with Crippen molar-refractivity contribution in [2.45, 2.75) is 38.8 Å². The molecule has 2 heterocycles. The third kappa shape index (κ3) is 5.16. The average Bonchev–Trinajstić information content (AvgIpc) is 3.34. The Bertz CT molecular complexity index is 1370. The quantitative estimate of drug-likeness (QED) is 0.514. The number of oxime groups is 1. The Labute approximate surface area is 200 Å². The van der Waals surface area contributed by atoms with Gasteiger partial charge < -0.3 is 15.5 Å². The summed E-state index contributed by atoms with van der Waals surface area (Å²) in [6.07, 6.45) is 0.430. The van der Waals surface area contributed by atoms with Crippen LogP contribution >= 0.6 is 0 Å². The molecular weight excluding hydrogens is 453 g/mol. The van der Waals surface area contributed by atoms with Crippen LogP contribution in [0.25, 0.3) is 0 Å². The van der Waals surface area contributed by atoms with E-state index in [9.17, 15) is 18.8 Å². The number of carbonyl (C=O) groups is 1. The second-order valence-electron chi connectivity index (χ2n) is 8.25. The van der Waals surface area contributed by atoms with Crippen LogP contribution in [0.3, 0.4) is 0 Å². The molecule has 0 bridgehead atoms. The fourth-order valence-electron chi connectivity index (χ4n) is 3.93. The lowest BCUT2D eigenvalue weighted by Crippen LogP contribution is -2.45. The highest BCUT2D eigenvalue weighted by molar-refractivity contribution is 6.07. The van der Waals surface area contributed by atoms with Gasteiger partial charge in [-0.25, -0.2) is 9.18 Å². The minimum atomic E-state index is -1.02. The van der Waals surface area contributed by atoms with Crippen molar-refractivity contribution in [2.75, 3.05) is 17.2 Å². The van der Waals surface area contributed by atoms with Gasteiger partial charge in [0.05, 0.1) is 12.3 Å². The van der Waals surface area contributed by atoms with Gasteiger partial charge in [0, 0.05) is 18.5 Å². The first-order valence-electron chi connectivity index (χ1n) is 11.4. The highest BCUT2D eigenvalue weighted by Crippen LogP contribution is 2.24. The predicted octanol–water partition coefficient (Wildman–Crippen LogP) is 2.63. The summed E-state index contributed by atoms with van der Waals surface area (Å²) in [5.41, 5.74) is 6.51. The summed E-state index contributed by atoms with van der Waals surface area (Å²) >= 11 is 0. The van der Waals surface area contributed by atoms with Gasteiger partial charge in [0.2, 0.25) is 6.10 Å². The number of anilines is 2. The Kier molecular flexibility index (Phi) is 7.09. The molecule has 2 aromatic carbocycles. The highest BCUT2D eigenvalue weighted by Gasteiger charge is 2.35. The third-order valence-electron chi connectivity index (χ3n) is 5.77. The number of nitrogens with one attached hydrogen (secondary N) is 1. The van der Waals surface area contributed by atoms with Gasteiger partial charge in [0.25, 0.3) is 11.5 Å². The maximum atomic E-state index is 13.6. The van der Waals surface area contributed by atoms with Crippen molar-refractivity contribution in [3.8, 4) is 0 Å². The molecule has 0 fully saturated rings. The first kappa shape index (κ1) is 23.9. The maximum Gasteiger partial charge on any atom is 0.330 e. The number of aromatic amines is 1. The number of nitrogens with two attached hydrogens (primary N) is 1. The maximum absolute atomic E-state index is 13.6. The van der Waals surface area contributed by atoms with Crippen LogP contribution in [0.1, 0.15) is 37.3 Å². The average molecular weight is 480 g/mol. The van der Waals surface area contributed by atoms with E-state index in [1.165, 1.54) is 21.6 Å². The van der Waals surface area contributed by atoms with Gasteiger partial charge in [0.1, 0.15) is 11.6 Å². The van der Waals surface area contributed by atoms with Crippen molar-refractivity contribution in [2.24, 2.45) is 5.16 Å². The van der Waals surface area contributed by atoms with Crippen molar-refractivity contribution in [3.63, 3.8) is 0 Å². The molecule has 1 aliphatic rings. The Morgan fingerprint density at radius 3 is 2.71 bits per heavy atom. The molecule has 1 aromatic heterocycles. The molecule has 182 valence electrons. The van der Waals surface area contributed by atoms with Crippen LogP contribution in [-0.2, 0) is 16.2 Å². The van der Waals surface area contributed by atoms with Crippen molar-refractivity contribution in [1.82, 2.24) is 9.55 Å². The molecule has 9 nitrogen and oxygen atoms in total. The molecular formula is C25H26FN5O4. The van der Waals surface area contributed by atoms with Gasteiger partial charge in [-0.1, -0.05) is 61.0 Å². The molecule has 0 saturated heterocycles. The van der Waals surface area contributed by atoms with Crippen LogP contribution < -0.4 is 21.9 Å². The largest absolute Gasteiger partial charge is 0.383 e. The Morgan fingerprint density at radius 2 is 2.00 bits per heavy atom. The molecule has 0 spiro atoms.